The second-order valence-electron chi connectivity index (χ2n) is 1.53. The molecule has 0 aromatic heterocycles. The highest BCUT2D eigenvalue weighted by molar-refractivity contribution is 5.28. The Bertz CT molecular complexity index is 219. The zero-order chi connectivity index (χ0) is 7.11. The minimum atomic E-state index is 0.0193. The molecule has 0 heterocycles. The normalized spacial score (nSPS) is 9.00. The van der Waals surface area contributed by atoms with E-state index in [0.717, 1.165) is 0 Å². The molecule has 0 aliphatic rings. The van der Waals surface area contributed by atoms with E-state index < -0.39 is 0 Å². The first-order valence-electron chi connectivity index (χ1n) is 2.69. The summed E-state index contributed by atoms with van der Waals surface area (Å²) in [5.74, 6) is 13.2. The quantitative estimate of drug-likeness (QED) is 0.418. The smallest absolute Gasteiger partial charge is 0.0791 e. The first-order valence-corrected chi connectivity index (χ1v) is 2.69. The number of hydrogen-bond acceptors (Lipinski definition) is 0. The topological polar surface area (TPSA) is 0 Å². The molecule has 44 valence electrons. The molecule has 0 fully saturated rings. The lowest BCUT2D eigenvalue weighted by Gasteiger charge is -1.82. The number of hydrogen-bond donors (Lipinski definition) is 0. The van der Waals surface area contributed by atoms with Crippen LogP contribution >= 0.6 is 0 Å². The van der Waals surface area contributed by atoms with E-state index in [1.54, 1.807) is 6.92 Å². The van der Waals surface area contributed by atoms with Crippen molar-refractivity contribution in [3.63, 3.8) is 0 Å². The minimum Gasteiger partial charge on any atom is -0.119 e. The fourth-order valence-electron chi connectivity index (χ4n) is 0.249. The molecule has 0 rings (SSSR count). The lowest BCUT2D eigenvalue weighted by atomic mass is 10.2. The summed E-state index contributed by atoms with van der Waals surface area (Å²) in [4.78, 5) is 0. The molecule has 0 spiro atoms. The molecule has 0 aromatic rings. The van der Waals surface area contributed by atoms with Gasteiger partial charge in [-0.15, -0.1) is 6.42 Å². The third kappa shape index (κ3) is 4.53. The second-order valence-corrected chi connectivity index (χ2v) is 1.53. The van der Waals surface area contributed by atoms with E-state index in [2.05, 4.69) is 29.6 Å². The molecule has 0 N–H and O–H groups in total. The predicted octanol–water partition coefficient (Wildman–Crippen LogP) is 1.28. The Morgan fingerprint density at radius 1 is 1.33 bits per heavy atom. The van der Waals surface area contributed by atoms with Gasteiger partial charge in [0.05, 0.1) is 5.92 Å². The van der Waals surface area contributed by atoms with E-state index in [-0.39, 0.29) is 5.92 Å². The summed E-state index contributed by atoms with van der Waals surface area (Å²) in [6, 6.07) is 0. The summed E-state index contributed by atoms with van der Waals surface area (Å²) >= 11 is 0. The molecule has 0 aromatic carbocycles. The second kappa shape index (κ2) is 4.83. The molecule has 0 saturated heterocycles. The Morgan fingerprint density at radius 3 is 2.44 bits per heavy atom. The molecule has 1 unspecified atom stereocenters. The molecule has 0 nitrogen and oxygen atoms in total. The van der Waals surface area contributed by atoms with Crippen LogP contribution in [0.2, 0.25) is 0 Å². The van der Waals surface area contributed by atoms with E-state index >= 15 is 0 Å². The van der Waals surface area contributed by atoms with Crippen molar-refractivity contribution in [1.82, 2.24) is 0 Å². The van der Waals surface area contributed by atoms with Gasteiger partial charge in [0.25, 0.3) is 0 Å². The summed E-state index contributed by atoms with van der Waals surface area (Å²) in [7, 11) is 0. The van der Waals surface area contributed by atoms with Crippen LogP contribution in [0.1, 0.15) is 13.8 Å². The van der Waals surface area contributed by atoms with Gasteiger partial charge in [-0.2, -0.15) is 0 Å². The molecule has 0 heteroatoms. The van der Waals surface area contributed by atoms with Gasteiger partial charge < -0.3 is 0 Å². The third-order valence-corrected chi connectivity index (χ3v) is 0.726. The van der Waals surface area contributed by atoms with Crippen molar-refractivity contribution in [3.8, 4) is 36.0 Å². The van der Waals surface area contributed by atoms with Crippen molar-refractivity contribution in [2.45, 2.75) is 13.8 Å². The van der Waals surface area contributed by atoms with Crippen molar-refractivity contribution in [2.24, 2.45) is 5.92 Å². The molecule has 0 saturated carbocycles. The lowest BCUT2D eigenvalue weighted by Crippen LogP contribution is -1.80. The summed E-state index contributed by atoms with van der Waals surface area (Å²) in [6.07, 6.45) is 5.05. The standard InChI is InChI=1S/C9H8/c1-4-6-7-8-9(3)5-2/h2,9H,1,3H3. The van der Waals surface area contributed by atoms with Crippen molar-refractivity contribution in [1.29, 1.82) is 0 Å². The Kier molecular flexibility index (Phi) is 4.12. The fraction of sp³-hybridized carbons (Fsp3) is 0.333. The van der Waals surface area contributed by atoms with Crippen LogP contribution in [0.15, 0.2) is 0 Å². The van der Waals surface area contributed by atoms with Gasteiger partial charge in [-0.05, 0) is 25.7 Å². The first-order chi connectivity index (χ1) is 4.31. The van der Waals surface area contributed by atoms with E-state index in [9.17, 15) is 0 Å². The van der Waals surface area contributed by atoms with E-state index in [1.165, 1.54) is 0 Å². The average Bonchev–Trinajstić information content (AvgIpc) is 1.89. The highest BCUT2D eigenvalue weighted by Crippen LogP contribution is 1.84. The lowest BCUT2D eigenvalue weighted by molar-refractivity contribution is 1.03. The van der Waals surface area contributed by atoms with Crippen molar-refractivity contribution in [2.75, 3.05) is 0 Å². The van der Waals surface area contributed by atoms with Gasteiger partial charge in [-0.3, -0.25) is 0 Å². The largest absolute Gasteiger partial charge is 0.119 e. The predicted molar refractivity (Wildman–Crippen MR) is 39.2 cm³/mol. The molecule has 0 aliphatic heterocycles. The summed E-state index contributed by atoms with van der Waals surface area (Å²) in [5.41, 5.74) is 0. The maximum atomic E-state index is 5.05. The van der Waals surface area contributed by atoms with Crippen LogP contribution in [0.3, 0.4) is 0 Å². The Hall–Kier alpha value is -1.32. The molecule has 0 aliphatic carbocycles. The summed E-state index contributed by atoms with van der Waals surface area (Å²) in [5, 5.41) is 0. The van der Waals surface area contributed by atoms with Gasteiger partial charge in [0.15, 0.2) is 0 Å². The van der Waals surface area contributed by atoms with Crippen LogP contribution in [-0.4, -0.2) is 0 Å². The van der Waals surface area contributed by atoms with Crippen LogP contribution in [0, 0.1) is 41.9 Å². The summed E-state index contributed by atoms with van der Waals surface area (Å²) < 4.78 is 0. The molecular formula is C9H8. The first kappa shape index (κ1) is 7.68. The molecule has 9 heavy (non-hydrogen) atoms. The molecule has 1 atom stereocenters. The molecular weight excluding hydrogens is 108 g/mol. The van der Waals surface area contributed by atoms with Crippen LogP contribution < -0.4 is 0 Å². The highest BCUT2D eigenvalue weighted by atomic mass is 13.8. The molecule has 0 radical (unpaired) electrons. The van der Waals surface area contributed by atoms with Gasteiger partial charge in [-0.25, -0.2) is 0 Å². The number of terminal acetylenes is 1. The van der Waals surface area contributed by atoms with E-state index in [1.807, 2.05) is 6.92 Å². The Balaban J connectivity index is 3.86. The van der Waals surface area contributed by atoms with Crippen LogP contribution in [0.5, 0.6) is 0 Å². The Labute approximate surface area is 56.7 Å². The van der Waals surface area contributed by atoms with E-state index in [0.29, 0.717) is 0 Å². The monoisotopic (exact) mass is 116 g/mol. The van der Waals surface area contributed by atoms with Gasteiger partial charge >= 0.3 is 0 Å². The number of rotatable bonds is 0. The fourth-order valence-corrected chi connectivity index (χ4v) is 0.249. The SMILES string of the molecule is C#CC(C)C#CC#CC. The summed E-state index contributed by atoms with van der Waals surface area (Å²) in [6.45, 7) is 3.61. The Morgan fingerprint density at radius 2 is 2.00 bits per heavy atom. The molecule has 0 amide bonds. The van der Waals surface area contributed by atoms with Crippen molar-refractivity contribution >= 4 is 0 Å². The molecule has 0 bridgehead atoms. The van der Waals surface area contributed by atoms with Gasteiger partial charge in [0.1, 0.15) is 0 Å². The third-order valence-electron chi connectivity index (χ3n) is 0.726. The van der Waals surface area contributed by atoms with Crippen molar-refractivity contribution < 1.29 is 0 Å². The van der Waals surface area contributed by atoms with Crippen LogP contribution in [0.4, 0.5) is 0 Å². The van der Waals surface area contributed by atoms with Crippen molar-refractivity contribution in [3.05, 3.63) is 0 Å². The highest BCUT2D eigenvalue weighted by Gasteiger charge is 1.82. The maximum absolute atomic E-state index is 5.05. The zero-order valence-electron chi connectivity index (χ0n) is 5.65. The zero-order valence-corrected chi connectivity index (χ0v) is 5.65. The van der Waals surface area contributed by atoms with Gasteiger partial charge in [-0.1, -0.05) is 17.8 Å². The maximum Gasteiger partial charge on any atom is 0.0791 e. The van der Waals surface area contributed by atoms with E-state index in [4.69, 9.17) is 6.42 Å². The van der Waals surface area contributed by atoms with Crippen LogP contribution in [0.25, 0.3) is 0 Å². The van der Waals surface area contributed by atoms with Gasteiger partial charge in [0, 0.05) is 0 Å². The minimum absolute atomic E-state index is 0.0193. The average molecular weight is 116 g/mol. The van der Waals surface area contributed by atoms with Gasteiger partial charge in [0.2, 0.25) is 0 Å². The van der Waals surface area contributed by atoms with Crippen LogP contribution in [-0.2, 0) is 0 Å².